The van der Waals surface area contributed by atoms with E-state index >= 15 is 0 Å². The fourth-order valence-corrected chi connectivity index (χ4v) is 3.19. The maximum absolute atomic E-state index is 12.1. The molecular formula is C14H19N3O2. The largest absolute Gasteiger partial charge is 0.365 e. The van der Waals surface area contributed by atoms with Crippen LogP contribution in [0.5, 0.6) is 0 Å². The molecule has 1 aromatic rings. The van der Waals surface area contributed by atoms with Crippen LogP contribution in [0.1, 0.15) is 12.1 Å². The van der Waals surface area contributed by atoms with Crippen molar-refractivity contribution in [2.75, 3.05) is 26.7 Å². The van der Waals surface area contributed by atoms with E-state index in [1.807, 2.05) is 30.3 Å². The summed E-state index contributed by atoms with van der Waals surface area (Å²) in [5.74, 6) is 0.746. The van der Waals surface area contributed by atoms with Crippen LogP contribution in [0, 0.1) is 11.8 Å². The van der Waals surface area contributed by atoms with Crippen LogP contribution in [0.2, 0.25) is 0 Å². The average Bonchev–Trinajstić information content (AvgIpc) is 3.07. The number of aromatic amines is 1. The number of likely N-dealkylation sites (tertiary alicyclic amines) is 2. The number of carbonyl (C=O) groups excluding carboxylic acids is 2. The summed E-state index contributed by atoms with van der Waals surface area (Å²) in [7, 11) is 1.85. The molecule has 2 aliphatic rings. The Morgan fingerprint density at radius 1 is 1.42 bits per heavy atom. The summed E-state index contributed by atoms with van der Waals surface area (Å²) in [6.07, 6.45) is 3.13. The Labute approximate surface area is 112 Å². The molecule has 1 aromatic heterocycles. The zero-order valence-corrected chi connectivity index (χ0v) is 11.1. The Kier molecular flexibility index (Phi) is 3.05. The van der Waals surface area contributed by atoms with Crippen LogP contribution in [-0.2, 0) is 16.0 Å². The molecule has 0 radical (unpaired) electrons. The van der Waals surface area contributed by atoms with Crippen LogP contribution >= 0.6 is 0 Å². The number of aromatic nitrogens is 1. The molecular weight excluding hydrogens is 242 g/mol. The van der Waals surface area contributed by atoms with E-state index in [1.54, 1.807) is 4.90 Å². The number of fused-ring (bicyclic) bond motifs is 1. The van der Waals surface area contributed by atoms with Gasteiger partial charge in [0.1, 0.15) is 0 Å². The van der Waals surface area contributed by atoms with Crippen molar-refractivity contribution in [3.8, 4) is 0 Å². The summed E-state index contributed by atoms with van der Waals surface area (Å²) in [6.45, 7) is 2.14. The van der Waals surface area contributed by atoms with Gasteiger partial charge in [-0.25, -0.2) is 0 Å². The van der Waals surface area contributed by atoms with E-state index in [4.69, 9.17) is 0 Å². The van der Waals surface area contributed by atoms with E-state index in [0.717, 1.165) is 25.2 Å². The number of nitrogens with one attached hydrogen (secondary N) is 1. The third kappa shape index (κ3) is 2.25. The summed E-state index contributed by atoms with van der Waals surface area (Å²) >= 11 is 0. The zero-order valence-electron chi connectivity index (χ0n) is 11.1. The number of hydrogen-bond donors (Lipinski definition) is 1. The van der Waals surface area contributed by atoms with Crippen LogP contribution in [0.4, 0.5) is 0 Å². The highest BCUT2D eigenvalue weighted by atomic mass is 16.2. The molecule has 102 valence electrons. The van der Waals surface area contributed by atoms with Gasteiger partial charge in [-0.15, -0.1) is 0 Å². The molecule has 1 N–H and O–H groups in total. The topological polar surface area (TPSA) is 56.4 Å². The van der Waals surface area contributed by atoms with Gasteiger partial charge in [0.25, 0.3) is 0 Å². The van der Waals surface area contributed by atoms with Gasteiger partial charge in [-0.2, -0.15) is 0 Å². The summed E-state index contributed by atoms with van der Waals surface area (Å²) in [4.78, 5) is 30.8. The van der Waals surface area contributed by atoms with Crippen LogP contribution in [0.15, 0.2) is 18.3 Å². The van der Waals surface area contributed by atoms with Crippen molar-refractivity contribution in [3.05, 3.63) is 24.0 Å². The number of amides is 2. The fourth-order valence-electron chi connectivity index (χ4n) is 3.19. The third-order valence-electron chi connectivity index (χ3n) is 4.27. The first-order valence-corrected chi connectivity index (χ1v) is 6.80. The van der Waals surface area contributed by atoms with Crippen molar-refractivity contribution in [1.82, 2.24) is 14.8 Å². The molecule has 2 fully saturated rings. The Morgan fingerprint density at radius 2 is 2.26 bits per heavy atom. The molecule has 2 atom stereocenters. The summed E-state index contributed by atoms with van der Waals surface area (Å²) in [5, 5.41) is 0. The number of hydrogen-bond acceptors (Lipinski definition) is 2. The summed E-state index contributed by atoms with van der Waals surface area (Å²) < 4.78 is 0. The van der Waals surface area contributed by atoms with Gasteiger partial charge in [0, 0.05) is 50.9 Å². The first kappa shape index (κ1) is 12.3. The fraction of sp³-hybridized carbons (Fsp3) is 0.571. The van der Waals surface area contributed by atoms with Gasteiger partial charge in [-0.3, -0.25) is 9.59 Å². The van der Waals surface area contributed by atoms with E-state index in [9.17, 15) is 9.59 Å². The molecule has 0 aliphatic carbocycles. The van der Waals surface area contributed by atoms with Crippen molar-refractivity contribution < 1.29 is 9.59 Å². The minimum absolute atomic E-state index is 0.0411. The highest BCUT2D eigenvalue weighted by molar-refractivity contribution is 5.84. The molecule has 5 nitrogen and oxygen atoms in total. The lowest BCUT2D eigenvalue weighted by atomic mass is 10.0. The second-order valence-corrected chi connectivity index (χ2v) is 5.58. The van der Waals surface area contributed by atoms with Crippen molar-refractivity contribution >= 4 is 11.8 Å². The van der Waals surface area contributed by atoms with E-state index < -0.39 is 0 Å². The highest BCUT2D eigenvalue weighted by Gasteiger charge is 2.45. The van der Waals surface area contributed by atoms with Gasteiger partial charge >= 0.3 is 0 Å². The quantitative estimate of drug-likeness (QED) is 0.861. The maximum Gasteiger partial charge on any atom is 0.227 e. The first-order valence-electron chi connectivity index (χ1n) is 6.80. The van der Waals surface area contributed by atoms with Crippen LogP contribution in [-0.4, -0.2) is 53.3 Å². The Morgan fingerprint density at radius 3 is 2.95 bits per heavy atom. The number of rotatable bonds is 3. The summed E-state index contributed by atoms with van der Waals surface area (Å²) in [6, 6.07) is 3.93. The van der Waals surface area contributed by atoms with Crippen molar-refractivity contribution in [2.45, 2.75) is 12.8 Å². The van der Waals surface area contributed by atoms with Gasteiger partial charge in [0.15, 0.2) is 0 Å². The van der Waals surface area contributed by atoms with Crippen molar-refractivity contribution in [1.29, 1.82) is 0 Å². The average molecular weight is 261 g/mol. The lowest BCUT2D eigenvalue weighted by Gasteiger charge is -2.19. The van der Waals surface area contributed by atoms with E-state index in [2.05, 4.69) is 4.98 Å². The van der Waals surface area contributed by atoms with Gasteiger partial charge in [-0.05, 0) is 18.6 Å². The standard InChI is InChI=1S/C14H19N3O2/c1-16-7-10-8-17(9-12(10)14(16)19)13(18)5-4-11-3-2-6-15-11/h2-3,6,10,12,15H,4-5,7-9H2,1H3/t10-,12+/m1/s1. The minimum Gasteiger partial charge on any atom is -0.365 e. The zero-order chi connectivity index (χ0) is 13.4. The third-order valence-corrected chi connectivity index (χ3v) is 4.27. The molecule has 2 amide bonds. The smallest absolute Gasteiger partial charge is 0.227 e. The van der Waals surface area contributed by atoms with Gasteiger partial charge in [0.2, 0.25) is 11.8 Å². The van der Waals surface area contributed by atoms with Crippen molar-refractivity contribution in [2.24, 2.45) is 11.8 Å². The van der Waals surface area contributed by atoms with E-state index in [0.29, 0.717) is 18.9 Å². The lowest BCUT2D eigenvalue weighted by molar-refractivity contribution is -0.132. The van der Waals surface area contributed by atoms with E-state index in [-0.39, 0.29) is 17.7 Å². The number of carbonyl (C=O) groups is 2. The van der Waals surface area contributed by atoms with Gasteiger partial charge in [-0.1, -0.05) is 0 Å². The molecule has 19 heavy (non-hydrogen) atoms. The lowest BCUT2D eigenvalue weighted by Crippen LogP contribution is -2.34. The Balaban J connectivity index is 1.54. The molecule has 5 heteroatoms. The van der Waals surface area contributed by atoms with E-state index in [1.165, 1.54) is 0 Å². The molecule has 0 spiro atoms. The molecule has 3 heterocycles. The maximum atomic E-state index is 12.1. The van der Waals surface area contributed by atoms with Gasteiger partial charge < -0.3 is 14.8 Å². The number of H-pyrrole nitrogens is 1. The Hall–Kier alpha value is -1.78. The molecule has 0 bridgehead atoms. The second-order valence-electron chi connectivity index (χ2n) is 5.58. The predicted octanol–water partition coefficient (Wildman–Crippen LogP) is 0.494. The Bertz CT molecular complexity index is 483. The molecule has 0 saturated carbocycles. The highest BCUT2D eigenvalue weighted by Crippen LogP contribution is 2.31. The van der Waals surface area contributed by atoms with Crippen LogP contribution < -0.4 is 0 Å². The number of aryl methyl sites for hydroxylation is 1. The molecule has 0 aromatic carbocycles. The monoisotopic (exact) mass is 261 g/mol. The second kappa shape index (κ2) is 4.72. The van der Waals surface area contributed by atoms with Crippen molar-refractivity contribution in [3.63, 3.8) is 0 Å². The SMILES string of the molecule is CN1C[C@@H]2CN(C(=O)CCc3ccc[nH]3)C[C@@H]2C1=O. The normalized spacial score (nSPS) is 26.1. The van der Waals surface area contributed by atoms with Crippen LogP contribution in [0.3, 0.4) is 0 Å². The number of nitrogens with zero attached hydrogens (tertiary/aromatic N) is 2. The molecule has 3 rings (SSSR count). The van der Waals surface area contributed by atoms with Gasteiger partial charge in [0.05, 0.1) is 5.92 Å². The summed E-state index contributed by atoms with van der Waals surface area (Å²) in [5.41, 5.74) is 1.09. The predicted molar refractivity (Wildman–Crippen MR) is 70.3 cm³/mol. The molecule has 0 unspecified atom stereocenters. The van der Waals surface area contributed by atoms with Crippen LogP contribution in [0.25, 0.3) is 0 Å². The minimum atomic E-state index is 0.0411. The molecule has 2 aliphatic heterocycles. The first-order chi connectivity index (χ1) is 9.15. The molecule has 2 saturated heterocycles.